The average Bonchev–Trinajstić information content (AvgIpc) is 3.16. The van der Waals surface area contributed by atoms with Gasteiger partial charge in [0.1, 0.15) is 0 Å². The molecule has 2 aromatic heterocycles. The van der Waals surface area contributed by atoms with E-state index in [2.05, 4.69) is 6.58 Å². The molecule has 2 heterocycles. The number of benzene rings is 1. The van der Waals surface area contributed by atoms with Crippen molar-refractivity contribution in [1.82, 2.24) is 4.57 Å². The maximum absolute atomic E-state index is 12.4. The van der Waals surface area contributed by atoms with Crippen LogP contribution in [0.15, 0.2) is 49.1 Å². The molecule has 0 spiro atoms. The predicted octanol–water partition coefficient (Wildman–Crippen LogP) is 5.60. The number of Topliss-reactive ketones (excluding diaryl/α,β-unsaturated/α-hetero) is 1. The fourth-order valence-electron chi connectivity index (χ4n) is 3.04. The summed E-state index contributed by atoms with van der Waals surface area (Å²) in [6, 6.07) is 9.57. The Labute approximate surface area is 172 Å². The van der Waals surface area contributed by atoms with Gasteiger partial charge in [-0.25, -0.2) is 4.79 Å². The average molecular weight is 414 g/mol. The molecule has 0 N–H and O–H groups in total. The molecule has 4 nitrogen and oxygen atoms in total. The van der Waals surface area contributed by atoms with Crippen molar-refractivity contribution in [3.05, 3.63) is 75.9 Å². The van der Waals surface area contributed by atoms with Crippen LogP contribution < -0.4 is 0 Å². The molecule has 0 amide bonds. The van der Waals surface area contributed by atoms with Gasteiger partial charge in [0.05, 0.1) is 5.02 Å². The molecule has 0 atom stereocenters. The lowest BCUT2D eigenvalue weighted by atomic mass is 10.1. The number of hydrogen-bond acceptors (Lipinski definition) is 4. The van der Waals surface area contributed by atoms with Gasteiger partial charge in [0.2, 0.25) is 5.78 Å². The van der Waals surface area contributed by atoms with Gasteiger partial charge in [-0.2, -0.15) is 0 Å². The highest BCUT2D eigenvalue weighted by molar-refractivity contribution is 7.20. The van der Waals surface area contributed by atoms with Crippen LogP contribution >= 0.6 is 22.9 Å². The summed E-state index contributed by atoms with van der Waals surface area (Å²) in [6.45, 7) is 7.85. The highest BCUT2D eigenvalue weighted by atomic mass is 35.5. The molecule has 0 saturated carbocycles. The first kappa shape index (κ1) is 20.1. The van der Waals surface area contributed by atoms with Crippen LogP contribution in [-0.2, 0) is 16.1 Å². The molecule has 0 radical (unpaired) electrons. The summed E-state index contributed by atoms with van der Waals surface area (Å²) >= 11 is 7.85. The number of aryl methyl sites for hydroxylation is 1. The zero-order chi connectivity index (χ0) is 20.3. The number of ketones is 1. The lowest BCUT2D eigenvalue weighted by Gasteiger charge is -2.06. The first-order valence-corrected chi connectivity index (χ1v) is 9.94. The van der Waals surface area contributed by atoms with E-state index in [4.69, 9.17) is 16.3 Å². The van der Waals surface area contributed by atoms with Crippen molar-refractivity contribution in [1.29, 1.82) is 0 Å². The quantitative estimate of drug-likeness (QED) is 0.219. The van der Waals surface area contributed by atoms with E-state index in [1.165, 1.54) is 17.4 Å². The summed E-state index contributed by atoms with van der Waals surface area (Å²) in [5.74, 6) is -0.813. The van der Waals surface area contributed by atoms with Crippen molar-refractivity contribution in [2.45, 2.75) is 20.4 Å². The topological polar surface area (TPSA) is 48.3 Å². The number of rotatable bonds is 7. The maximum Gasteiger partial charge on any atom is 0.331 e. The molecule has 3 rings (SSSR count). The lowest BCUT2D eigenvalue weighted by Crippen LogP contribution is -2.13. The second kappa shape index (κ2) is 8.59. The maximum atomic E-state index is 12.4. The molecule has 0 aliphatic rings. The molecular weight excluding hydrogens is 394 g/mol. The lowest BCUT2D eigenvalue weighted by molar-refractivity contribution is -0.136. The zero-order valence-corrected chi connectivity index (χ0v) is 17.3. The number of allylic oxidation sites excluding steroid dienone is 1. The summed E-state index contributed by atoms with van der Waals surface area (Å²) < 4.78 is 8.15. The predicted molar refractivity (Wildman–Crippen MR) is 115 cm³/mol. The molecule has 144 valence electrons. The van der Waals surface area contributed by atoms with Gasteiger partial charge in [-0.1, -0.05) is 35.9 Å². The van der Waals surface area contributed by atoms with Gasteiger partial charge in [-0.3, -0.25) is 4.79 Å². The number of esters is 1. The molecular formula is C22H20ClNO3S. The van der Waals surface area contributed by atoms with Gasteiger partial charge in [-0.15, -0.1) is 17.9 Å². The monoisotopic (exact) mass is 413 g/mol. The minimum atomic E-state index is -0.582. The number of carbonyl (C=O) groups excluding carboxylic acids is 2. The number of fused-ring (bicyclic) bond motifs is 1. The molecule has 0 saturated heterocycles. The number of hydrogen-bond donors (Lipinski definition) is 0. The van der Waals surface area contributed by atoms with Crippen molar-refractivity contribution in [3.8, 4) is 0 Å². The summed E-state index contributed by atoms with van der Waals surface area (Å²) in [5.41, 5.74) is 2.36. The van der Waals surface area contributed by atoms with Crippen LogP contribution in [-0.4, -0.2) is 22.9 Å². The molecule has 3 aromatic rings. The smallest absolute Gasteiger partial charge is 0.331 e. The Kier molecular flexibility index (Phi) is 6.17. The molecule has 1 aromatic carbocycles. The van der Waals surface area contributed by atoms with E-state index >= 15 is 0 Å². The van der Waals surface area contributed by atoms with E-state index in [9.17, 15) is 9.59 Å². The van der Waals surface area contributed by atoms with Crippen LogP contribution in [0.5, 0.6) is 0 Å². The summed E-state index contributed by atoms with van der Waals surface area (Å²) in [5, 5.41) is 1.56. The normalized spacial score (nSPS) is 11.2. The van der Waals surface area contributed by atoms with Crippen LogP contribution in [0.25, 0.3) is 16.2 Å². The second-order valence-corrected chi connectivity index (χ2v) is 7.79. The van der Waals surface area contributed by atoms with Gasteiger partial charge in [0, 0.05) is 44.5 Å². The van der Waals surface area contributed by atoms with Gasteiger partial charge in [0.15, 0.2) is 6.61 Å². The van der Waals surface area contributed by atoms with Crippen LogP contribution in [0.1, 0.15) is 26.6 Å². The largest absolute Gasteiger partial charge is 0.454 e. The number of ether oxygens (including phenoxy) is 1. The van der Waals surface area contributed by atoms with Crippen LogP contribution in [0.2, 0.25) is 5.02 Å². The number of aromatic nitrogens is 1. The molecule has 0 fully saturated rings. The Morgan fingerprint density at radius 3 is 2.75 bits per heavy atom. The summed E-state index contributed by atoms with van der Waals surface area (Å²) in [4.78, 5) is 25.2. The highest BCUT2D eigenvalue weighted by Crippen LogP contribution is 2.35. The summed E-state index contributed by atoms with van der Waals surface area (Å²) in [7, 11) is 0. The zero-order valence-electron chi connectivity index (χ0n) is 15.7. The van der Waals surface area contributed by atoms with E-state index in [-0.39, 0.29) is 12.4 Å². The fraction of sp³-hybridized carbons (Fsp3) is 0.182. The Balaban J connectivity index is 1.64. The highest BCUT2D eigenvalue weighted by Gasteiger charge is 2.16. The van der Waals surface area contributed by atoms with Crippen LogP contribution in [0.3, 0.4) is 0 Å². The first-order valence-electron chi connectivity index (χ1n) is 8.75. The van der Waals surface area contributed by atoms with Crippen LogP contribution in [0, 0.1) is 13.8 Å². The molecule has 0 aliphatic heterocycles. The third kappa shape index (κ3) is 4.11. The molecule has 0 aliphatic carbocycles. The Morgan fingerprint density at radius 1 is 1.29 bits per heavy atom. The Bertz CT molecular complexity index is 1090. The Morgan fingerprint density at radius 2 is 2.04 bits per heavy atom. The minimum absolute atomic E-state index is 0.231. The molecule has 6 heteroatoms. The minimum Gasteiger partial charge on any atom is -0.454 e. The van der Waals surface area contributed by atoms with Gasteiger partial charge in [0.25, 0.3) is 0 Å². The number of halogens is 1. The van der Waals surface area contributed by atoms with Crippen molar-refractivity contribution >= 4 is 50.9 Å². The Hall–Kier alpha value is -2.63. The fourth-order valence-corrected chi connectivity index (χ4v) is 4.44. The standard InChI is InChI=1S/C22H20ClNO3S/c1-4-11-24-14(2)12-17(15(24)3)18(25)13-27-21(26)10-9-20-22(23)16-7-5-6-8-19(16)28-20/h4-10,12H,1,11,13H2,2-3H3/b10-9+. The van der Waals surface area contributed by atoms with Crippen molar-refractivity contribution in [3.63, 3.8) is 0 Å². The van der Waals surface area contributed by atoms with Crippen molar-refractivity contribution in [2.24, 2.45) is 0 Å². The second-order valence-electron chi connectivity index (χ2n) is 6.32. The third-order valence-corrected chi connectivity index (χ3v) is 6.12. The van der Waals surface area contributed by atoms with Crippen LogP contribution in [0.4, 0.5) is 0 Å². The molecule has 0 bridgehead atoms. The number of carbonyl (C=O) groups is 2. The van der Waals surface area contributed by atoms with E-state index < -0.39 is 5.97 Å². The third-order valence-electron chi connectivity index (χ3n) is 4.46. The number of nitrogens with zero attached hydrogens (tertiary/aromatic N) is 1. The van der Waals surface area contributed by atoms with Gasteiger partial charge >= 0.3 is 5.97 Å². The van der Waals surface area contributed by atoms with Crippen molar-refractivity contribution < 1.29 is 14.3 Å². The van der Waals surface area contributed by atoms with E-state index in [0.717, 1.165) is 26.4 Å². The van der Waals surface area contributed by atoms with E-state index in [1.54, 1.807) is 12.2 Å². The van der Waals surface area contributed by atoms with E-state index in [0.29, 0.717) is 17.1 Å². The first-order chi connectivity index (χ1) is 13.4. The van der Waals surface area contributed by atoms with Gasteiger partial charge < -0.3 is 9.30 Å². The van der Waals surface area contributed by atoms with Crippen molar-refractivity contribution in [2.75, 3.05) is 6.61 Å². The van der Waals surface area contributed by atoms with Gasteiger partial charge in [-0.05, 0) is 32.1 Å². The SMILES string of the molecule is C=CCn1c(C)cc(C(=O)COC(=O)/C=C/c2sc3ccccc3c2Cl)c1C. The molecule has 28 heavy (non-hydrogen) atoms. The van der Waals surface area contributed by atoms with E-state index in [1.807, 2.05) is 48.7 Å². The number of thiophene rings is 1. The summed E-state index contributed by atoms with van der Waals surface area (Å²) in [6.07, 6.45) is 4.69. The molecule has 0 unspecified atom stereocenters.